The fraction of sp³-hybridized carbons (Fsp3) is 0.294. The normalized spacial score (nSPS) is 13.8. The summed E-state index contributed by atoms with van der Waals surface area (Å²) < 4.78 is 3.48. The second-order valence-electron chi connectivity index (χ2n) is 6.05. The van der Waals surface area contributed by atoms with Crippen LogP contribution < -0.4 is 5.32 Å². The molecule has 1 aromatic carbocycles. The van der Waals surface area contributed by atoms with E-state index in [-0.39, 0.29) is 0 Å². The standard InChI is InChI=1S/C17H20ClN5O/c1-17(24,14-9-20-22(2)11-14)12-19-7-13-8-21-23(10-13)16-5-3-15(18)4-6-16/h3-6,8-11,19,24H,7,12H2,1-2H3. The van der Waals surface area contributed by atoms with Gasteiger partial charge in [0.05, 0.1) is 18.1 Å². The largest absolute Gasteiger partial charge is 0.384 e. The van der Waals surface area contributed by atoms with E-state index in [0.717, 1.165) is 16.8 Å². The first-order chi connectivity index (χ1) is 11.4. The summed E-state index contributed by atoms with van der Waals surface area (Å²) in [6.07, 6.45) is 7.26. The molecule has 0 aliphatic heterocycles. The first-order valence-corrected chi connectivity index (χ1v) is 8.03. The Balaban J connectivity index is 1.58. The lowest BCUT2D eigenvalue weighted by Crippen LogP contribution is -2.34. The molecule has 6 nitrogen and oxygen atoms in total. The van der Waals surface area contributed by atoms with E-state index in [4.69, 9.17) is 11.6 Å². The number of nitrogens with one attached hydrogen (secondary N) is 1. The summed E-state index contributed by atoms with van der Waals surface area (Å²) in [5.74, 6) is 0. The van der Waals surface area contributed by atoms with Gasteiger partial charge < -0.3 is 10.4 Å². The first-order valence-electron chi connectivity index (χ1n) is 7.66. The van der Waals surface area contributed by atoms with Crippen LogP contribution in [0.1, 0.15) is 18.1 Å². The molecule has 1 unspecified atom stereocenters. The number of aromatic nitrogens is 4. The molecule has 2 heterocycles. The van der Waals surface area contributed by atoms with Crippen molar-refractivity contribution < 1.29 is 5.11 Å². The van der Waals surface area contributed by atoms with Crippen LogP contribution in [0.4, 0.5) is 0 Å². The molecule has 1 atom stereocenters. The Morgan fingerprint density at radius 2 is 1.92 bits per heavy atom. The lowest BCUT2D eigenvalue weighted by Gasteiger charge is -2.22. The average molecular weight is 346 g/mol. The van der Waals surface area contributed by atoms with Gasteiger partial charge in [-0.2, -0.15) is 10.2 Å². The van der Waals surface area contributed by atoms with Crippen molar-refractivity contribution in [2.45, 2.75) is 19.1 Å². The Kier molecular flexibility index (Phi) is 4.71. The number of hydrogen-bond acceptors (Lipinski definition) is 4. The minimum Gasteiger partial charge on any atom is -0.384 e. The zero-order valence-electron chi connectivity index (χ0n) is 13.6. The Hall–Kier alpha value is -2.15. The predicted octanol–water partition coefficient (Wildman–Crippen LogP) is 2.26. The predicted molar refractivity (Wildman–Crippen MR) is 93.1 cm³/mol. The van der Waals surface area contributed by atoms with E-state index < -0.39 is 5.60 Å². The van der Waals surface area contributed by atoms with Gasteiger partial charge in [0.2, 0.25) is 0 Å². The van der Waals surface area contributed by atoms with E-state index in [1.807, 2.05) is 43.7 Å². The average Bonchev–Trinajstić information content (AvgIpc) is 3.17. The third-order valence-electron chi connectivity index (χ3n) is 3.85. The van der Waals surface area contributed by atoms with E-state index in [9.17, 15) is 5.11 Å². The van der Waals surface area contributed by atoms with Crippen molar-refractivity contribution in [3.05, 3.63) is 65.2 Å². The molecule has 0 saturated carbocycles. The lowest BCUT2D eigenvalue weighted by atomic mass is 10.00. The van der Waals surface area contributed by atoms with Crippen LogP contribution in [-0.2, 0) is 19.2 Å². The number of benzene rings is 1. The number of hydrogen-bond donors (Lipinski definition) is 2. The molecule has 0 aliphatic rings. The van der Waals surface area contributed by atoms with Crippen molar-refractivity contribution in [2.24, 2.45) is 7.05 Å². The zero-order valence-corrected chi connectivity index (χ0v) is 14.4. The minimum absolute atomic E-state index is 0.421. The number of rotatable bonds is 6. The summed E-state index contributed by atoms with van der Waals surface area (Å²) in [6.45, 7) is 2.81. The molecule has 0 spiro atoms. The first kappa shape index (κ1) is 16.7. The van der Waals surface area contributed by atoms with Crippen LogP contribution in [0.15, 0.2) is 49.1 Å². The molecule has 3 rings (SSSR count). The van der Waals surface area contributed by atoms with Gasteiger partial charge in [-0.05, 0) is 31.2 Å². The van der Waals surface area contributed by atoms with Gasteiger partial charge in [0.15, 0.2) is 0 Å². The Labute approximate surface area is 145 Å². The maximum atomic E-state index is 10.5. The summed E-state index contributed by atoms with van der Waals surface area (Å²) in [5.41, 5.74) is 1.80. The van der Waals surface area contributed by atoms with E-state index in [2.05, 4.69) is 15.5 Å². The van der Waals surface area contributed by atoms with Crippen LogP contribution in [0.25, 0.3) is 5.69 Å². The van der Waals surface area contributed by atoms with Crippen LogP contribution in [0.2, 0.25) is 5.02 Å². The van der Waals surface area contributed by atoms with Crippen LogP contribution in [-0.4, -0.2) is 31.2 Å². The molecule has 0 radical (unpaired) electrons. The van der Waals surface area contributed by atoms with E-state index in [0.29, 0.717) is 18.1 Å². The summed E-state index contributed by atoms with van der Waals surface area (Å²) >= 11 is 5.90. The van der Waals surface area contributed by atoms with E-state index >= 15 is 0 Å². The van der Waals surface area contributed by atoms with Crippen molar-refractivity contribution in [1.29, 1.82) is 0 Å². The highest BCUT2D eigenvalue weighted by atomic mass is 35.5. The van der Waals surface area contributed by atoms with Crippen molar-refractivity contribution in [3.63, 3.8) is 0 Å². The van der Waals surface area contributed by atoms with Crippen LogP contribution in [0.3, 0.4) is 0 Å². The molecule has 2 aromatic heterocycles. The van der Waals surface area contributed by atoms with Gasteiger partial charge in [-0.15, -0.1) is 0 Å². The third kappa shape index (κ3) is 3.84. The molecule has 7 heteroatoms. The summed E-state index contributed by atoms with van der Waals surface area (Å²) in [6, 6.07) is 7.50. The Morgan fingerprint density at radius 1 is 1.17 bits per heavy atom. The smallest absolute Gasteiger partial charge is 0.102 e. The molecular formula is C17H20ClN5O. The molecule has 126 valence electrons. The van der Waals surface area contributed by atoms with Gasteiger partial charge in [0.25, 0.3) is 0 Å². The molecular weight excluding hydrogens is 326 g/mol. The lowest BCUT2D eigenvalue weighted by molar-refractivity contribution is 0.0566. The Bertz CT molecular complexity index is 807. The molecule has 0 aliphatic carbocycles. The van der Waals surface area contributed by atoms with Crippen LogP contribution >= 0.6 is 11.6 Å². The molecule has 0 bridgehead atoms. The fourth-order valence-electron chi connectivity index (χ4n) is 2.44. The van der Waals surface area contributed by atoms with Crippen LogP contribution in [0.5, 0.6) is 0 Å². The van der Waals surface area contributed by atoms with E-state index in [1.54, 1.807) is 28.7 Å². The molecule has 0 fully saturated rings. The number of halogens is 1. The van der Waals surface area contributed by atoms with Crippen molar-refractivity contribution in [2.75, 3.05) is 6.54 Å². The summed E-state index contributed by atoms with van der Waals surface area (Å²) in [4.78, 5) is 0. The fourth-order valence-corrected chi connectivity index (χ4v) is 2.56. The molecule has 3 aromatic rings. The number of aliphatic hydroxyl groups is 1. The second kappa shape index (κ2) is 6.76. The molecule has 24 heavy (non-hydrogen) atoms. The van der Waals surface area contributed by atoms with Gasteiger partial charge in [-0.3, -0.25) is 4.68 Å². The second-order valence-corrected chi connectivity index (χ2v) is 6.49. The topological polar surface area (TPSA) is 67.9 Å². The highest BCUT2D eigenvalue weighted by Gasteiger charge is 2.24. The van der Waals surface area contributed by atoms with Crippen molar-refractivity contribution in [1.82, 2.24) is 24.9 Å². The molecule has 0 amide bonds. The maximum Gasteiger partial charge on any atom is 0.102 e. The van der Waals surface area contributed by atoms with Gasteiger partial charge in [-0.25, -0.2) is 4.68 Å². The molecule has 2 N–H and O–H groups in total. The van der Waals surface area contributed by atoms with Crippen molar-refractivity contribution >= 4 is 11.6 Å². The van der Waals surface area contributed by atoms with Gasteiger partial charge >= 0.3 is 0 Å². The summed E-state index contributed by atoms with van der Waals surface area (Å²) in [5, 5.41) is 22.9. The minimum atomic E-state index is -0.972. The monoisotopic (exact) mass is 345 g/mol. The van der Waals surface area contributed by atoms with Gasteiger partial charge in [0, 0.05) is 48.7 Å². The zero-order chi connectivity index (χ0) is 17.2. The Morgan fingerprint density at radius 3 is 2.58 bits per heavy atom. The van der Waals surface area contributed by atoms with Gasteiger partial charge in [-0.1, -0.05) is 11.6 Å². The SMILES string of the molecule is Cn1cc(C(C)(O)CNCc2cnn(-c3ccc(Cl)cc3)c2)cn1. The highest BCUT2D eigenvalue weighted by Crippen LogP contribution is 2.19. The van der Waals surface area contributed by atoms with E-state index in [1.165, 1.54) is 0 Å². The van der Waals surface area contributed by atoms with Gasteiger partial charge in [0.1, 0.15) is 5.60 Å². The highest BCUT2D eigenvalue weighted by molar-refractivity contribution is 6.30. The molecule has 0 saturated heterocycles. The maximum absolute atomic E-state index is 10.5. The third-order valence-corrected chi connectivity index (χ3v) is 4.10. The quantitative estimate of drug-likeness (QED) is 0.719. The van der Waals surface area contributed by atoms with Crippen LogP contribution in [0, 0.1) is 0 Å². The number of nitrogens with zero attached hydrogens (tertiary/aromatic N) is 4. The van der Waals surface area contributed by atoms with Crippen molar-refractivity contribution in [3.8, 4) is 5.69 Å². The summed E-state index contributed by atoms with van der Waals surface area (Å²) in [7, 11) is 1.83. The number of aryl methyl sites for hydroxylation is 1.